The minimum absolute atomic E-state index is 0.915. The first-order valence-corrected chi connectivity index (χ1v) is 17.6. The van der Waals surface area contributed by atoms with Crippen molar-refractivity contribution in [3.8, 4) is 33.4 Å². The van der Waals surface area contributed by atoms with Gasteiger partial charge in [0.25, 0.3) is 0 Å². The summed E-state index contributed by atoms with van der Waals surface area (Å²) in [6.45, 7) is 0. The van der Waals surface area contributed by atoms with Crippen molar-refractivity contribution in [3.63, 3.8) is 0 Å². The van der Waals surface area contributed by atoms with Crippen molar-refractivity contribution in [3.05, 3.63) is 182 Å². The molecular formula is C50H30O. The van der Waals surface area contributed by atoms with Crippen LogP contribution >= 0.6 is 0 Å². The summed E-state index contributed by atoms with van der Waals surface area (Å²) in [6, 6.07) is 66.2. The molecule has 0 bridgehead atoms. The highest BCUT2D eigenvalue weighted by Crippen LogP contribution is 2.49. The fourth-order valence-electron chi connectivity index (χ4n) is 8.68. The number of rotatable bonds is 3. The molecule has 0 saturated heterocycles. The average molecular weight is 647 g/mol. The van der Waals surface area contributed by atoms with Gasteiger partial charge < -0.3 is 4.42 Å². The zero-order chi connectivity index (χ0) is 33.5. The summed E-state index contributed by atoms with van der Waals surface area (Å²) >= 11 is 0. The number of fused-ring (bicyclic) bond motifs is 10. The van der Waals surface area contributed by atoms with Crippen molar-refractivity contribution in [2.75, 3.05) is 0 Å². The molecule has 0 aliphatic rings. The fraction of sp³-hybridized carbons (Fsp3) is 0. The van der Waals surface area contributed by atoms with E-state index < -0.39 is 0 Å². The molecule has 1 nitrogen and oxygen atoms in total. The second-order valence-corrected chi connectivity index (χ2v) is 13.5. The SMILES string of the molecule is c1ccc(-c2cccc3c2cc(-c2c4ccccc4c(-c4cccc5c4oc4ccc6ccccc6c45)c4ccccc24)c2ccccc23)cc1. The molecule has 0 atom stereocenters. The van der Waals surface area contributed by atoms with Gasteiger partial charge in [-0.15, -0.1) is 0 Å². The third kappa shape index (κ3) is 4.09. The van der Waals surface area contributed by atoms with Gasteiger partial charge in [0.15, 0.2) is 0 Å². The van der Waals surface area contributed by atoms with Crippen LogP contribution < -0.4 is 0 Å². The van der Waals surface area contributed by atoms with E-state index in [9.17, 15) is 0 Å². The molecule has 0 aliphatic heterocycles. The van der Waals surface area contributed by atoms with Gasteiger partial charge in [-0.2, -0.15) is 0 Å². The highest BCUT2D eigenvalue weighted by Gasteiger charge is 2.22. The summed E-state index contributed by atoms with van der Waals surface area (Å²) in [5, 5.41) is 14.7. The molecule has 1 heteroatoms. The van der Waals surface area contributed by atoms with Crippen LogP contribution in [-0.4, -0.2) is 0 Å². The van der Waals surface area contributed by atoms with Crippen LogP contribution in [0, 0.1) is 0 Å². The van der Waals surface area contributed by atoms with Gasteiger partial charge in [0.05, 0.1) is 0 Å². The van der Waals surface area contributed by atoms with Crippen LogP contribution in [0.2, 0.25) is 0 Å². The minimum Gasteiger partial charge on any atom is -0.455 e. The average Bonchev–Trinajstić information content (AvgIpc) is 3.60. The van der Waals surface area contributed by atoms with Crippen LogP contribution in [0.15, 0.2) is 186 Å². The molecule has 0 spiro atoms. The summed E-state index contributed by atoms with van der Waals surface area (Å²) in [4.78, 5) is 0. The first-order valence-electron chi connectivity index (χ1n) is 17.6. The molecule has 11 aromatic rings. The normalized spacial score (nSPS) is 11.9. The summed E-state index contributed by atoms with van der Waals surface area (Å²) in [5.74, 6) is 0. The van der Waals surface area contributed by atoms with Gasteiger partial charge in [-0.3, -0.25) is 0 Å². The van der Waals surface area contributed by atoms with Gasteiger partial charge in [0.2, 0.25) is 0 Å². The van der Waals surface area contributed by atoms with Gasteiger partial charge in [0, 0.05) is 21.9 Å². The Morgan fingerprint density at radius 3 is 1.51 bits per heavy atom. The zero-order valence-corrected chi connectivity index (χ0v) is 27.7. The van der Waals surface area contributed by atoms with Crippen LogP contribution in [0.3, 0.4) is 0 Å². The Kier molecular flexibility index (Phi) is 6.02. The van der Waals surface area contributed by atoms with Crippen LogP contribution in [0.1, 0.15) is 0 Å². The highest BCUT2D eigenvalue weighted by atomic mass is 16.3. The number of furan rings is 1. The Balaban J connectivity index is 1.28. The predicted octanol–water partition coefficient (Wildman–Crippen LogP) is 14.4. The van der Waals surface area contributed by atoms with Crippen LogP contribution in [-0.2, 0) is 0 Å². The lowest BCUT2D eigenvalue weighted by Crippen LogP contribution is -1.93. The first-order chi connectivity index (χ1) is 25.3. The Bertz CT molecular complexity index is 3130. The highest BCUT2D eigenvalue weighted by molar-refractivity contribution is 6.29. The maximum atomic E-state index is 6.82. The van der Waals surface area contributed by atoms with E-state index in [4.69, 9.17) is 4.42 Å². The second-order valence-electron chi connectivity index (χ2n) is 13.5. The molecule has 0 fully saturated rings. The Labute approximate surface area is 294 Å². The number of benzene rings is 10. The lowest BCUT2D eigenvalue weighted by Gasteiger charge is -2.20. The van der Waals surface area contributed by atoms with Crippen LogP contribution in [0.25, 0.3) is 109 Å². The number of hydrogen-bond donors (Lipinski definition) is 0. The predicted molar refractivity (Wildman–Crippen MR) is 218 cm³/mol. The van der Waals surface area contributed by atoms with Crippen molar-refractivity contribution in [2.24, 2.45) is 0 Å². The summed E-state index contributed by atoms with van der Waals surface area (Å²) < 4.78 is 6.82. The third-order valence-corrected chi connectivity index (χ3v) is 10.8. The van der Waals surface area contributed by atoms with E-state index >= 15 is 0 Å². The van der Waals surface area contributed by atoms with Crippen LogP contribution in [0.5, 0.6) is 0 Å². The molecule has 11 rings (SSSR count). The second kappa shape index (κ2) is 10.9. The number of hydrogen-bond acceptors (Lipinski definition) is 1. The van der Waals surface area contributed by atoms with Crippen molar-refractivity contribution < 1.29 is 4.42 Å². The van der Waals surface area contributed by atoms with E-state index in [1.54, 1.807) is 0 Å². The molecule has 0 amide bonds. The van der Waals surface area contributed by atoms with Crippen molar-refractivity contribution in [1.29, 1.82) is 0 Å². The van der Waals surface area contributed by atoms with E-state index in [-0.39, 0.29) is 0 Å². The Morgan fingerprint density at radius 1 is 0.294 bits per heavy atom. The molecule has 1 heterocycles. The third-order valence-electron chi connectivity index (χ3n) is 10.8. The Hall–Kier alpha value is -6.70. The van der Waals surface area contributed by atoms with Gasteiger partial charge in [0.1, 0.15) is 11.2 Å². The molecular weight excluding hydrogens is 617 g/mol. The molecule has 0 saturated carbocycles. The molecule has 0 radical (unpaired) electrons. The lowest BCUT2D eigenvalue weighted by molar-refractivity contribution is 0.670. The van der Waals surface area contributed by atoms with E-state index in [2.05, 4.69) is 182 Å². The fourth-order valence-corrected chi connectivity index (χ4v) is 8.68. The topological polar surface area (TPSA) is 13.1 Å². The van der Waals surface area contributed by atoms with Crippen LogP contribution in [0.4, 0.5) is 0 Å². The van der Waals surface area contributed by atoms with E-state index in [1.807, 2.05) is 0 Å². The van der Waals surface area contributed by atoms with E-state index in [0.29, 0.717) is 0 Å². The first kappa shape index (κ1) is 28.2. The monoisotopic (exact) mass is 646 g/mol. The van der Waals surface area contributed by atoms with E-state index in [1.165, 1.54) is 87.1 Å². The van der Waals surface area contributed by atoms with Gasteiger partial charge in [-0.1, -0.05) is 170 Å². The molecule has 51 heavy (non-hydrogen) atoms. The quantitative estimate of drug-likeness (QED) is 0.138. The molecule has 0 unspecified atom stereocenters. The van der Waals surface area contributed by atoms with E-state index in [0.717, 1.165) is 22.1 Å². The molecule has 236 valence electrons. The lowest BCUT2D eigenvalue weighted by atomic mass is 9.83. The maximum Gasteiger partial charge on any atom is 0.143 e. The van der Waals surface area contributed by atoms with Crippen molar-refractivity contribution in [1.82, 2.24) is 0 Å². The largest absolute Gasteiger partial charge is 0.455 e. The van der Waals surface area contributed by atoms with Gasteiger partial charge >= 0.3 is 0 Å². The van der Waals surface area contributed by atoms with Gasteiger partial charge in [-0.25, -0.2) is 0 Å². The zero-order valence-electron chi connectivity index (χ0n) is 27.7. The van der Waals surface area contributed by atoms with Crippen molar-refractivity contribution >= 4 is 75.8 Å². The molecule has 0 aliphatic carbocycles. The summed E-state index contributed by atoms with van der Waals surface area (Å²) in [7, 11) is 0. The summed E-state index contributed by atoms with van der Waals surface area (Å²) in [5.41, 5.74) is 9.13. The maximum absolute atomic E-state index is 6.82. The minimum atomic E-state index is 0.915. The number of para-hydroxylation sites is 1. The van der Waals surface area contributed by atoms with Gasteiger partial charge in [-0.05, 0) is 88.2 Å². The Morgan fingerprint density at radius 2 is 0.804 bits per heavy atom. The smallest absolute Gasteiger partial charge is 0.143 e. The summed E-state index contributed by atoms with van der Waals surface area (Å²) in [6.07, 6.45) is 0. The molecule has 1 aromatic heterocycles. The standard InChI is InChI=1S/C50H30O/c1-2-14-31(15-3-1)33-24-12-25-36-35-18-6-7-19-37(35)45(30-44(33)36)48-40-22-10-8-20-38(40)47(39-21-9-11-23-41(39)48)42-26-13-27-43-49-34-17-5-4-16-32(34)28-29-46(49)51-50(42)43/h1-30H. The molecule has 0 N–H and O–H groups in total. The molecule has 10 aromatic carbocycles. The van der Waals surface area contributed by atoms with Crippen molar-refractivity contribution in [2.45, 2.75) is 0 Å².